The van der Waals surface area contributed by atoms with Crippen LogP contribution in [0.5, 0.6) is 0 Å². The number of hydrogen-bond donors (Lipinski definition) is 4. The van der Waals surface area contributed by atoms with Gasteiger partial charge in [-0.1, -0.05) is 6.42 Å². The van der Waals surface area contributed by atoms with Crippen LogP contribution in [0.2, 0.25) is 0 Å². The first-order chi connectivity index (χ1) is 9.80. The number of hydrazine groups is 1. The molecule has 2 saturated carbocycles. The number of aliphatic hydroxyl groups excluding tert-OH is 1. The SMILES string of the molecule is NNc1cc(NCC2CCCC2CO)nc(C2CC2)n1. The molecule has 1 aromatic rings. The summed E-state index contributed by atoms with van der Waals surface area (Å²) in [6.45, 7) is 1.15. The van der Waals surface area contributed by atoms with Crippen molar-refractivity contribution in [3.63, 3.8) is 0 Å². The summed E-state index contributed by atoms with van der Waals surface area (Å²) in [7, 11) is 0. The fraction of sp³-hybridized carbons (Fsp3) is 0.714. The standard InChI is InChI=1S/C14H23N5O/c15-19-13-6-12(17-14(18-13)9-4-5-9)16-7-10-2-1-3-11(10)8-20/h6,9-11,20H,1-5,7-8,15H2,(H2,16,17,18,19). The van der Waals surface area contributed by atoms with Gasteiger partial charge in [-0.05, 0) is 37.5 Å². The van der Waals surface area contributed by atoms with Crippen LogP contribution in [-0.4, -0.2) is 28.2 Å². The Balaban J connectivity index is 1.65. The Hall–Kier alpha value is -1.40. The van der Waals surface area contributed by atoms with Crippen molar-refractivity contribution in [3.8, 4) is 0 Å². The van der Waals surface area contributed by atoms with E-state index in [1.807, 2.05) is 6.07 Å². The summed E-state index contributed by atoms with van der Waals surface area (Å²) >= 11 is 0. The van der Waals surface area contributed by atoms with Gasteiger partial charge in [0.1, 0.15) is 17.5 Å². The maximum atomic E-state index is 9.36. The van der Waals surface area contributed by atoms with Gasteiger partial charge in [-0.2, -0.15) is 0 Å². The van der Waals surface area contributed by atoms with Gasteiger partial charge >= 0.3 is 0 Å². The van der Waals surface area contributed by atoms with Crippen molar-refractivity contribution in [2.24, 2.45) is 17.7 Å². The number of rotatable bonds is 6. The summed E-state index contributed by atoms with van der Waals surface area (Å²) in [6.07, 6.45) is 5.87. The predicted octanol–water partition coefficient (Wildman–Crippen LogP) is 1.46. The summed E-state index contributed by atoms with van der Waals surface area (Å²) in [6, 6.07) is 1.84. The number of hydrogen-bond acceptors (Lipinski definition) is 6. The van der Waals surface area contributed by atoms with Gasteiger partial charge in [0.2, 0.25) is 0 Å². The highest BCUT2D eigenvalue weighted by molar-refractivity contribution is 5.47. The predicted molar refractivity (Wildman–Crippen MR) is 78.2 cm³/mol. The maximum absolute atomic E-state index is 9.36. The third-order valence-corrected chi connectivity index (χ3v) is 4.43. The normalized spacial score (nSPS) is 25.7. The first-order valence-electron chi connectivity index (χ1n) is 7.50. The van der Waals surface area contributed by atoms with Crippen LogP contribution in [0.3, 0.4) is 0 Å². The molecule has 20 heavy (non-hydrogen) atoms. The van der Waals surface area contributed by atoms with Crippen LogP contribution in [-0.2, 0) is 0 Å². The van der Waals surface area contributed by atoms with Crippen LogP contribution in [0, 0.1) is 11.8 Å². The van der Waals surface area contributed by atoms with E-state index in [0.717, 1.165) is 24.6 Å². The summed E-state index contributed by atoms with van der Waals surface area (Å²) in [4.78, 5) is 8.97. The van der Waals surface area contributed by atoms with Gasteiger partial charge in [0.25, 0.3) is 0 Å². The van der Waals surface area contributed by atoms with Crippen molar-refractivity contribution in [1.82, 2.24) is 9.97 Å². The average molecular weight is 277 g/mol. The lowest BCUT2D eigenvalue weighted by Gasteiger charge is -2.18. The lowest BCUT2D eigenvalue weighted by molar-refractivity contribution is 0.199. The zero-order valence-corrected chi connectivity index (χ0v) is 11.7. The Morgan fingerprint density at radius 2 is 1.90 bits per heavy atom. The van der Waals surface area contributed by atoms with Gasteiger partial charge in [-0.3, -0.25) is 0 Å². The Bertz CT molecular complexity index is 463. The number of nitrogens with two attached hydrogens (primary N) is 1. The highest BCUT2D eigenvalue weighted by Crippen LogP contribution is 2.39. The molecule has 6 nitrogen and oxygen atoms in total. The fourth-order valence-electron chi connectivity index (χ4n) is 3.01. The van der Waals surface area contributed by atoms with Gasteiger partial charge in [-0.15, -0.1) is 0 Å². The minimum atomic E-state index is 0.291. The molecule has 2 fully saturated rings. The lowest BCUT2D eigenvalue weighted by atomic mass is 9.97. The molecule has 0 radical (unpaired) electrons. The molecular formula is C14H23N5O. The van der Waals surface area contributed by atoms with Crippen molar-refractivity contribution in [1.29, 1.82) is 0 Å². The molecule has 2 aliphatic rings. The van der Waals surface area contributed by atoms with Crippen molar-refractivity contribution < 1.29 is 5.11 Å². The molecule has 0 saturated heterocycles. The van der Waals surface area contributed by atoms with Crippen molar-refractivity contribution in [2.45, 2.75) is 38.0 Å². The molecule has 1 heterocycles. The van der Waals surface area contributed by atoms with Crippen LogP contribution in [0.15, 0.2) is 6.07 Å². The fourth-order valence-corrected chi connectivity index (χ4v) is 3.01. The second-order valence-electron chi connectivity index (χ2n) is 5.93. The quantitative estimate of drug-likeness (QED) is 0.464. The average Bonchev–Trinajstić information content (AvgIpc) is 3.24. The summed E-state index contributed by atoms with van der Waals surface area (Å²) < 4.78 is 0. The molecule has 1 aromatic heterocycles. The van der Waals surface area contributed by atoms with Gasteiger partial charge in [0.15, 0.2) is 0 Å². The minimum Gasteiger partial charge on any atom is -0.396 e. The number of nitrogen functional groups attached to an aromatic ring is 1. The van der Waals surface area contributed by atoms with Crippen LogP contribution < -0.4 is 16.6 Å². The molecule has 0 aliphatic heterocycles. The molecule has 2 unspecified atom stereocenters. The molecule has 2 atom stereocenters. The van der Waals surface area contributed by atoms with E-state index in [1.54, 1.807) is 0 Å². The lowest BCUT2D eigenvalue weighted by Crippen LogP contribution is -2.21. The second-order valence-corrected chi connectivity index (χ2v) is 5.93. The highest BCUT2D eigenvalue weighted by Gasteiger charge is 2.28. The van der Waals surface area contributed by atoms with Crippen molar-refractivity contribution in [2.75, 3.05) is 23.9 Å². The molecule has 0 aromatic carbocycles. The van der Waals surface area contributed by atoms with Crippen LogP contribution >= 0.6 is 0 Å². The largest absolute Gasteiger partial charge is 0.396 e. The topological polar surface area (TPSA) is 96.1 Å². The molecule has 0 amide bonds. The smallest absolute Gasteiger partial charge is 0.145 e. The Morgan fingerprint density at radius 3 is 2.60 bits per heavy atom. The first-order valence-corrected chi connectivity index (χ1v) is 7.50. The molecule has 3 rings (SSSR count). The van der Waals surface area contributed by atoms with Crippen molar-refractivity contribution >= 4 is 11.6 Å². The second kappa shape index (κ2) is 5.93. The minimum absolute atomic E-state index is 0.291. The van der Waals surface area contributed by atoms with Gasteiger partial charge < -0.3 is 15.8 Å². The summed E-state index contributed by atoms with van der Waals surface area (Å²) in [5.74, 6) is 9.31. The van der Waals surface area contributed by atoms with E-state index < -0.39 is 0 Å². The van der Waals surface area contributed by atoms with E-state index in [1.165, 1.54) is 25.7 Å². The van der Waals surface area contributed by atoms with E-state index >= 15 is 0 Å². The van der Waals surface area contributed by atoms with Crippen LogP contribution in [0.4, 0.5) is 11.6 Å². The zero-order chi connectivity index (χ0) is 13.9. The number of aromatic nitrogens is 2. The molecule has 5 N–H and O–H groups in total. The monoisotopic (exact) mass is 277 g/mol. The Labute approximate surface area is 119 Å². The molecule has 2 aliphatic carbocycles. The molecule has 0 spiro atoms. The van der Waals surface area contributed by atoms with Gasteiger partial charge in [0.05, 0.1) is 0 Å². The molecule has 0 bridgehead atoms. The van der Waals surface area contributed by atoms with Crippen molar-refractivity contribution in [3.05, 3.63) is 11.9 Å². The van der Waals surface area contributed by atoms with E-state index in [-0.39, 0.29) is 0 Å². The van der Waals surface area contributed by atoms with Gasteiger partial charge in [-0.25, -0.2) is 15.8 Å². The van der Waals surface area contributed by atoms with Crippen LogP contribution in [0.1, 0.15) is 43.8 Å². The molecular weight excluding hydrogens is 254 g/mol. The number of aliphatic hydroxyl groups is 1. The maximum Gasteiger partial charge on any atom is 0.145 e. The summed E-state index contributed by atoms with van der Waals surface area (Å²) in [5, 5.41) is 12.8. The van der Waals surface area contributed by atoms with E-state index in [9.17, 15) is 5.11 Å². The third kappa shape index (κ3) is 3.02. The molecule has 6 heteroatoms. The Morgan fingerprint density at radius 1 is 1.15 bits per heavy atom. The number of anilines is 2. The molecule has 110 valence electrons. The Kier molecular flexibility index (Phi) is 4.03. The van der Waals surface area contributed by atoms with Crippen LogP contribution in [0.25, 0.3) is 0 Å². The van der Waals surface area contributed by atoms with Gasteiger partial charge in [0, 0.05) is 25.1 Å². The first kappa shape index (κ1) is 13.6. The number of nitrogens with zero attached hydrogens (tertiary/aromatic N) is 2. The highest BCUT2D eigenvalue weighted by atomic mass is 16.3. The zero-order valence-electron chi connectivity index (χ0n) is 11.7. The third-order valence-electron chi connectivity index (χ3n) is 4.43. The van der Waals surface area contributed by atoms with E-state index in [0.29, 0.717) is 30.2 Å². The number of nitrogens with one attached hydrogen (secondary N) is 2. The van der Waals surface area contributed by atoms with E-state index in [2.05, 4.69) is 20.7 Å². The van der Waals surface area contributed by atoms with E-state index in [4.69, 9.17) is 5.84 Å². The summed E-state index contributed by atoms with van der Waals surface area (Å²) in [5.41, 5.74) is 2.61.